The highest BCUT2D eigenvalue weighted by atomic mass is 16.5. The molecule has 1 aliphatic heterocycles. The van der Waals surface area contributed by atoms with Crippen LogP contribution < -0.4 is 0 Å². The molecule has 0 unspecified atom stereocenters. The summed E-state index contributed by atoms with van der Waals surface area (Å²) in [5, 5.41) is 10.2. The lowest BCUT2D eigenvalue weighted by molar-refractivity contribution is 0.331. The number of hydrogen-bond acceptors (Lipinski definition) is 2. The molecule has 0 atom stereocenters. The molecule has 2 nitrogen and oxygen atoms in total. The molecule has 1 heterocycles. The van der Waals surface area contributed by atoms with E-state index in [0.717, 1.165) is 36.0 Å². The van der Waals surface area contributed by atoms with Crippen LogP contribution >= 0.6 is 0 Å². The smallest absolute Gasteiger partial charge is 0.162 e. The first-order chi connectivity index (χ1) is 8.13. The Bertz CT molecular complexity index is 484. The minimum absolute atomic E-state index is 0.265. The molecule has 0 fully saturated rings. The largest absolute Gasteiger partial charge is 0.504 e. The van der Waals surface area contributed by atoms with E-state index in [1.165, 1.54) is 0 Å². The number of ether oxygens (including phenoxy) is 1. The van der Waals surface area contributed by atoms with Crippen LogP contribution in [0.5, 0.6) is 0 Å². The van der Waals surface area contributed by atoms with Crippen molar-refractivity contribution in [3.05, 3.63) is 47.2 Å². The maximum absolute atomic E-state index is 10.2. The number of hydrogen-bond donors (Lipinski definition) is 1. The van der Waals surface area contributed by atoms with Gasteiger partial charge in [-0.3, -0.25) is 0 Å². The van der Waals surface area contributed by atoms with Crippen LogP contribution in [0.25, 0.3) is 11.5 Å². The first-order valence-electron chi connectivity index (χ1n) is 6.03. The fourth-order valence-electron chi connectivity index (χ4n) is 2.00. The van der Waals surface area contributed by atoms with Crippen molar-refractivity contribution in [2.45, 2.75) is 33.1 Å². The maximum Gasteiger partial charge on any atom is 0.162 e. The zero-order valence-corrected chi connectivity index (χ0v) is 10.4. The van der Waals surface area contributed by atoms with Gasteiger partial charge < -0.3 is 9.84 Å². The van der Waals surface area contributed by atoms with Crippen LogP contribution in [0.1, 0.15) is 42.9 Å². The number of rotatable bonds is 3. The molecular weight excluding hydrogens is 212 g/mol. The van der Waals surface area contributed by atoms with E-state index < -0.39 is 0 Å². The highest BCUT2D eigenvalue weighted by Gasteiger charge is 2.22. The lowest BCUT2D eigenvalue weighted by atomic mass is 9.98. The summed E-state index contributed by atoms with van der Waals surface area (Å²) >= 11 is 0. The van der Waals surface area contributed by atoms with Crippen LogP contribution in [-0.2, 0) is 4.74 Å². The molecule has 90 valence electrons. The SMILES string of the molecule is C=C1OC(CCCC)=C(O)c2ccc(C)cc21. The molecule has 0 spiro atoms. The van der Waals surface area contributed by atoms with Crippen molar-refractivity contribution < 1.29 is 9.84 Å². The van der Waals surface area contributed by atoms with Crippen molar-refractivity contribution in [2.75, 3.05) is 0 Å². The van der Waals surface area contributed by atoms with Crippen LogP contribution in [-0.4, -0.2) is 5.11 Å². The molecule has 0 bridgehead atoms. The van der Waals surface area contributed by atoms with Crippen molar-refractivity contribution in [2.24, 2.45) is 0 Å². The fraction of sp³-hybridized carbons (Fsp3) is 0.333. The summed E-state index contributed by atoms with van der Waals surface area (Å²) < 4.78 is 5.62. The first kappa shape index (κ1) is 11.8. The predicted molar refractivity (Wildman–Crippen MR) is 70.4 cm³/mol. The Balaban J connectivity index is 2.42. The highest BCUT2D eigenvalue weighted by Crippen LogP contribution is 2.36. The summed E-state index contributed by atoms with van der Waals surface area (Å²) in [6, 6.07) is 5.91. The van der Waals surface area contributed by atoms with Crippen molar-refractivity contribution in [1.29, 1.82) is 0 Å². The lowest BCUT2D eigenvalue weighted by Gasteiger charge is -2.22. The summed E-state index contributed by atoms with van der Waals surface area (Å²) in [4.78, 5) is 0. The van der Waals surface area contributed by atoms with Gasteiger partial charge in [-0.25, -0.2) is 0 Å². The number of aryl methyl sites for hydroxylation is 1. The molecule has 1 N–H and O–H groups in total. The van der Waals surface area contributed by atoms with Gasteiger partial charge in [0.15, 0.2) is 5.76 Å². The van der Waals surface area contributed by atoms with Crippen molar-refractivity contribution >= 4 is 11.5 Å². The molecule has 1 aromatic carbocycles. The molecular formula is C15H18O2. The molecule has 1 aliphatic rings. The Hall–Kier alpha value is -1.70. The van der Waals surface area contributed by atoms with E-state index in [9.17, 15) is 5.11 Å². The number of benzene rings is 1. The number of fused-ring (bicyclic) bond motifs is 1. The van der Waals surface area contributed by atoms with E-state index in [1.54, 1.807) is 0 Å². The van der Waals surface area contributed by atoms with E-state index in [-0.39, 0.29) is 5.76 Å². The molecule has 2 rings (SSSR count). The van der Waals surface area contributed by atoms with Crippen LogP contribution in [0, 0.1) is 6.92 Å². The minimum atomic E-state index is 0.265. The predicted octanol–water partition coefficient (Wildman–Crippen LogP) is 4.41. The summed E-state index contributed by atoms with van der Waals surface area (Å²) in [5.74, 6) is 1.54. The van der Waals surface area contributed by atoms with Gasteiger partial charge in [0.1, 0.15) is 11.5 Å². The lowest BCUT2D eigenvalue weighted by Crippen LogP contribution is -2.07. The van der Waals surface area contributed by atoms with Crippen molar-refractivity contribution in [3.63, 3.8) is 0 Å². The summed E-state index contributed by atoms with van der Waals surface area (Å²) in [6.45, 7) is 8.05. The Morgan fingerprint density at radius 1 is 1.29 bits per heavy atom. The standard InChI is InChI=1S/C15H18O2/c1-4-5-6-14-15(16)12-8-7-10(2)9-13(12)11(3)17-14/h7-9,16H,3-6H2,1-2H3. The molecule has 0 aromatic heterocycles. The normalized spacial score (nSPS) is 14.6. The van der Waals surface area contributed by atoms with Crippen LogP contribution in [0.4, 0.5) is 0 Å². The number of aliphatic hydroxyl groups excluding tert-OH is 1. The van der Waals surface area contributed by atoms with Gasteiger partial charge in [-0.15, -0.1) is 0 Å². The molecule has 0 radical (unpaired) electrons. The number of aliphatic hydroxyl groups is 1. The summed E-state index contributed by atoms with van der Waals surface area (Å²) in [5.41, 5.74) is 2.86. The van der Waals surface area contributed by atoms with Gasteiger partial charge in [0.2, 0.25) is 0 Å². The first-order valence-corrected chi connectivity index (χ1v) is 6.03. The van der Waals surface area contributed by atoms with E-state index in [0.29, 0.717) is 11.5 Å². The summed E-state index contributed by atoms with van der Waals surface area (Å²) in [7, 11) is 0. The third-order valence-corrected chi connectivity index (χ3v) is 3.00. The third kappa shape index (κ3) is 2.21. The second kappa shape index (κ2) is 4.66. The van der Waals surface area contributed by atoms with Crippen molar-refractivity contribution in [3.8, 4) is 0 Å². The summed E-state index contributed by atoms with van der Waals surface area (Å²) in [6.07, 6.45) is 2.84. The molecule has 0 aliphatic carbocycles. The van der Waals surface area contributed by atoms with E-state index in [1.807, 2.05) is 25.1 Å². The van der Waals surface area contributed by atoms with E-state index >= 15 is 0 Å². The molecule has 1 aromatic rings. The monoisotopic (exact) mass is 230 g/mol. The van der Waals surface area contributed by atoms with Gasteiger partial charge in [-0.2, -0.15) is 0 Å². The van der Waals surface area contributed by atoms with Crippen LogP contribution in [0.3, 0.4) is 0 Å². The highest BCUT2D eigenvalue weighted by molar-refractivity contribution is 5.78. The topological polar surface area (TPSA) is 29.5 Å². The van der Waals surface area contributed by atoms with Gasteiger partial charge in [0.25, 0.3) is 0 Å². The van der Waals surface area contributed by atoms with Crippen LogP contribution in [0.2, 0.25) is 0 Å². The Labute approximate surface area is 102 Å². The van der Waals surface area contributed by atoms with Gasteiger partial charge in [0, 0.05) is 17.5 Å². The third-order valence-electron chi connectivity index (χ3n) is 3.00. The van der Waals surface area contributed by atoms with Gasteiger partial charge in [0.05, 0.1) is 0 Å². The van der Waals surface area contributed by atoms with Gasteiger partial charge >= 0.3 is 0 Å². The average Bonchev–Trinajstić information content (AvgIpc) is 2.32. The van der Waals surface area contributed by atoms with Crippen molar-refractivity contribution in [1.82, 2.24) is 0 Å². The molecule has 0 saturated carbocycles. The number of allylic oxidation sites excluding steroid dienone is 1. The zero-order chi connectivity index (χ0) is 12.4. The molecule has 17 heavy (non-hydrogen) atoms. The van der Waals surface area contributed by atoms with E-state index in [4.69, 9.17) is 4.74 Å². The quantitative estimate of drug-likeness (QED) is 0.833. The average molecular weight is 230 g/mol. The van der Waals surface area contributed by atoms with Crippen LogP contribution in [0.15, 0.2) is 30.5 Å². The minimum Gasteiger partial charge on any atom is -0.504 e. The maximum atomic E-state index is 10.2. The zero-order valence-electron chi connectivity index (χ0n) is 10.4. The molecule has 0 saturated heterocycles. The second-order valence-electron chi connectivity index (χ2n) is 4.45. The van der Waals surface area contributed by atoms with Gasteiger partial charge in [-0.1, -0.05) is 37.6 Å². The number of unbranched alkanes of at least 4 members (excludes halogenated alkanes) is 1. The molecule has 0 amide bonds. The fourth-order valence-corrected chi connectivity index (χ4v) is 2.00. The Morgan fingerprint density at radius 3 is 2.76 bits per heavy atom. The van der Waals surface area contributed by atoms with Gasteiger partial charge in [-0.05, 0) is 19.4 Å². The Morgan fingerprint density at radius 2 is 2.06 bits per heavy atom. The molecule has 2 heteroatoms. The Kier molecular flexibility index (Phi) is 3.23. The second-order valence-corrected chi connectivity index (χ2v) is 4.45. The van der Waals surface area contributed by atoms with E-state index in [2.05, 4.69) is 13.5 Å².